The van der Waals surface area contributed by atoms with E-state index in [0.29, 0.717) is 19.3 Å². The van der Waals surface area contributed by atoms with Crippen molar-refractivity contribution in [3.8, 4) is 0 Å². The van der Waals surface area contributed by atoms with E-state index >= 15 is 0 Å². The normalized spacial score (nSPS) is 12.4. The molecule has 102 valence electrons. The average Bonchev–Trinajstić information content (AvgIpc) is 2.08. The summed E-state index contributed by atoms with van der Waals surface area (Å²) in [6, 6.07) is 0. The third-order valence-electron chi connectivity index (χ3n) is 1.93. The number of carboxylic acid groups (broad SMARTS) is 1. The maximum absolute atomic E-state index is 10.9. The average molecular weight is 270 g/mol. The third kappa shape index (κ3) is 11.1. The molecule has 3 N–H and O–H groups in total. The molecular formula is C9H18O7S. The Labute approximate surface area is 100 Å². The molecule has 0 aliphatic rings. The predicted molar refractivity (Wildman–Crippen MR) is 59.8 cm³/mol. The van der Waals surface area contributed by atoms with E-state index in [-0.39, 0.29) is 11.9 Å². The van der Waals surface area contributed by atoms with Crippen molar-refractivity contribution in [2.45, 2.75) is 32.6 Å². The molecule has 0 aliphatic heterocycles. The van der Waals surface area contributed by atoms with Crippen molar-refractivity contribution in [3.63, 3.8) is 0 Å². The van der Waals surface area contributed by atoms with Crippen LogP contribution >= 0.6 is 0 Å². The van der Waals surface area contributed by atoms with Crippen LogP contribution < -0.4 is 0 Å². The number of hydrogen-bond donors (Lipinski definition) is 1. The molecule has 0 aromatic rings. The first-order chi connectivity index (χ1) is 7.22. The number of carbonyl (C=O) groups is 2. The van der Waals surface area contributed by atoms with E-state index in [1.807, 2.05) is 0 Å². The van der Waals surface area contributed by atoms with Crippen LogP contribution in [0.15, 0.2) is 0 Å². The largest absolute Gasteiger partial charge is 0.481 e. The number of unbranched alkanes of at least 4 members (excludes halogenated alkanes) is 1. The second kappa shape index (κ2) is 8.02. The SMILES string of the molecule is CC(CCCCC(=O)OS(C)(=O)=O)C(=O)O.O. The van der Waals surface area contributed by atoms with E-state index in [0.717, 1.165) is 6.26 Å². The Morgan fingerprint density at radius 3 is 2.24 bits per heavy atom. The lowest BCUT2D eigenvalue weighted by atomic mass is 10.0. The van der Waals surface area contributed by atoms with Gasteiger partial charge in [0.05, 0.1) is 12.2 Å². The van der Waals surface area contributed by atoms with Gasteiger partial charge in [0.15, 0.2) is 0 Å². The number of hydrogen-bond acceptors (Lipinski definition) is 5. The minimum Gasteiger partial charge on any atom is -0.481 e. The maximum atomic E-state index is 10.9. The molecular weight excluding hydrogens is 252 g/mol. The van der Waals surface area contributed by atoms with Gasteiger partial charge in [0, 0.05) is 6.42 Å². The van der Waals surface area contributed by atoms with Crippen LogP contribution in [0, 0.1) is 5.92 Å². The molecule has 0 saturated heterocycles. The predicted octanol–water partition coefficient (Wildman–Crippen LogP) is -0.0544. The summed E-state index contributed by atoms with van der Waals surface area (Å²) >= 11 is 0. The van der Waals surface area contributed by atoms with Gasteiger partial charge in [-0.15, -0.1) is 0 Å². The van der Waals surface area contributed by atoms with Crippen molar-refractivity contribution >= 4 is 22.1 Å². The Morgan fingerprint density at radius 2 is 1.82 bits per heavy atom. The smallest absolute Gasteiger partial charge is 0.322 e. The molecule has 1 atom stereocenters. The van der Waals surface area contributed by atoms with Crippen molar-refractivity contribution in [3.05, 3.63) is 0 Å². The zero-order chi connectivity index (χ0) is 12.8. The standard InChI is InChI=1S/C9H16O6S.H2O/c1-7(9(11)12)5-3-4-6-8(10)15-16(2,13)14;/h7H,3-6H2,1-2H3,(H,11,12);1H2. The summed E-state index contributed by atoms with van der Waals surface area (Å²) in [7, 11) is -3.73. The second-order valence-corrected chi connectivity index (χ2v) is 5.22. The zero-order valence-corrected chi connectivity index (χ0v) is 10.6. The molecule has 0 heterocycles. The van der Waals surface area contributed by atoms with E-state index in [1.54, 1.807) is 6.92 Å². The van der Waals surface area contributed by atoms with Crippen LogP contribution in [0.5, 0.6) is 0 Å². The van der Waals surface area contributed by atoms with Crippen LogP contribution in [0.3, 0.4) is 0 Å². The molecule has 0 rings (SSSR count). The summed E-state index contributed by atoms with van der Waals surface area (Å²) in [4.78, 5) is 21.4. The Balaban J connectivity index is 0. The molecule has 0 aromatic carbocycles. The topological polar surface area (TPSA) is 129 Å². The van der Waals surface area contributed by atoms with Crippen molar-refractivity contribution in [2.24, 2.45) is 5.92 Å². The molecule has 0 spiro atoms. The highest BCUT2D eigenvalue weighted by atomic mass is 32.2. The Hall–Kier alpha value is -1.15. The summed E-state index contributed by atoms with van der Waals surface area (Å²) in [5.74, 6) is -2.13. The van der Waals surface area contributed by atoms with Gasteiger partial charge >= 0.3 is 22.1 Å². The Bertz CT molecular complexity index is 346. The molecule has 17 heavy (non-hydrogen) atoms. The van der Waals surface area contributed by atoms with Crippen LogP contribution in [0.4, 0.5) is 0 Å². The molecule has 1 unspecified atom stereocenters. The van der Waals surface area contributed by atoms with Gasteiger partial charge in [0.1, 0.15) is 0 Å². The highest BCUT2D eigenvalue weighted by Gasteiger charge is 2.12. The number of carboxylic acids is 1. The van der Waals surface area contributed by atoms with Crippen LogP contribution in [0.2, 0.25) is 0 Å². The summed E-state index contributed by atoms with van der Waals surface area (Å²) < 4.78 is 25.2. The van der Waals surface area contributed by atoms with Gasteiger partial charge in [0.2, 0.25) is 0 Å². The van der Waals surface area contributed by atoms with E-state index in [1.165, 1.54) is 0 Å². The molecule has 0 aromatic heterocycles. The first-order valence-corrected chi connectivity index (χ1v) is 6.69. The van der Waals surface area contributed by atoms with E-state index in [4.69, 9.17) is 5.11 Å². The summed E-state index contributed by atoms with van der Waals surface area (Å²) in [5, 5.41) is 8.57. The quantitative estimate of drug-likeness (QED) is 0.509. The summed E-state index contributed by atoms with van der Waals surface area (Å²) in [5.41, 5.74) is 0. The van der Waals surface area contributed by atoms with Crippen LogP contribution in [-0.2, 0) is 23.9 Å². The van der Waals surface area contributed by atoms with Gasteiger partial charge < -0.3 is 14.8 Å². The van der Waals surface area contributed by atoms with Gasteiger partial charge in [-0.2, -0.15) is 8.42 Å². The van der Waals surface area contributed by atoms with Crippen LogP contribution in [-0.4, -0.2) is 37.2 Å². The van der Waals surface area contributed by atoms with Crippen molar-refractivity contribution in [1.29, 1.82) is 0 Å². The molecule has 0 aliphatic carbocycles. The van der Waals surface area contributed by atoms with E-state index < -0.39 is 28.0 Å². The first-order valence-electron chi connectivity index (χ1n) is 4.87. The zero-order valence-electron chi connectivity index (χ0n) is 9.80. The highest BCUT2D eigenvalue weighted by Crippen LogP contribution is 2.10. The summed E-state index contributed by atoms with van der Waals surface area (Å²) in [6.45, 7) is 1.58. The molecule has 7 nitrogen and oxygen atoms in total. The maximum Gasteiger partial charge on any atom is 0.322 e. The van der Waals surface area contributed by atoms with Crippen molar-refractivity contribution in [2.75, 3.05) is 6.26 Å². The van der Waals surface area contributed by atoms with Gasteiger partial charge in [-0.1, -0.05) is 13.3 Å². The van der Waals surface area contributed by atoms with Crippen molar-refractivity contribution in [1.82, 2.24) is 0 Å². The van der Waals surface area contributed by atoms with Gasteiger partial charge in [-0.05, 0) is 12.8 Å². The molecule has 0 fully saturated rings. The lowest BCUT2D eigenvalue weighted by Gasteiger charge is -2.05. The molecule has 0 amide bonds. The monoisotopic (exact) mass is 270 g/mol. The van der Waals surface area contributed by atoms with Crippen molar-refractivity contribution < 1.29 is 32.8 Å². The van der Waals surface area contributed by atoms with Crippen LogP contribution in [0.25, 0.3) is 0 Å². The Morgan fingerprint density at radius 1 is 1.29 bits per heavy atom. The van der Waals surface area contributed by atoms with Gasteiger partial charge in [-0.3, -0.25) is 9.59 Å². The molecule has 8 heteroatoms. The first kappa shape index (κ1) is 18.2. The number of aliphatic carboxylic acids is 1. The molecule has 0 radical (unpaired) electrons. The minimum absolute atomic E-state index is 0. The van der Waals surface area contributed by atoms with E-state index in [2.05, 4.69) is 4.18 Å². The molecule has 0 saturated carbocycles. The second-order valence-electron chi connectivity index (χ2n) is 3.64. The fourth-order valence-corrected chi connectivity index (χ4v) is 1.47. The number of rotatable bonds is 7. The van der Waals surface area contributed by atoms with Gasteiger partial charge in [-0.25, -0.2) is 0 Å². The Kier molecular flexibility index (Phi) is 8.59. The molecule has 0 bridgehead atoms. The fourth-order valence-electron chi connectivity index (χ4n) is 1.05. The lowest BCUT2D eigenvalue weighted by molar-refractivity contribution is -0.141. The fraction of sp³-hybridized carbons (Fsp3) is 0.778. The lowest BCUT2D eigenvalue weighted by Crippen LogP contribution is -2.12. The van der Waals surface area contributed by atoms with Crippen LogP contribution in [0.1, 0.15) is 32.6 Å². The van der Waals surface area contributed by atoms with E-state index in [9.17, 15) is 18.0 Å². The summed E-state index contributed by atoms with van der Waals surface area (Å²) in [6.07, 6.45) is 2.22. The third-order valence-corrected chi connectivity index (χ3v) is 2.42. The highest BCUT2D eigenvalue weighted by molar-refractivity contribution is 7.86. The number of carbonyl (C=O) groups excluding carboxylic acids is 1. The minimum atomic E-state index is -3.73. The van der Waals surface area contributed by atoms with Gasteiger partial charge in [0.25, 0.3) is 0 Å².